The van der Waals surface area contributed by atoms with Crippen LogP contribution in [0.5, 0.6) is 0 Å². The molecule has 0 spiro atoms. The number of esters is 3. The Morgan fingerprint density at radius 3 is 1.37 bits per heavy atom. The molecule has 5 unspecified atom stereocenters. The molecule has 492 valence electrons. The highest BCUT2D eigenvalue weighted by molar-refractivity contribution is 5.90. The Kier molecular flexibility index (Phi) is 50.3. The van der Waals surface area contributed by atoms with Crippen LogP contribution in [0.4, 0.5) is 21.0 Å². The Bertz CT molecular complexity index is 2020. The first-order chi connectivity index (χ1) is 41.7. The van der Waals surface area contributed by atoms with Gasteiger partial charge in [0, 0.05) is 37.1 Å². The lowest BCUT2D eigenvalue weighted by Gasteiger charge is -2.18. The molecule has 0 heterocycles. The van der Waals surface area contributed by atoms with Gasteiger partial charge in [0.15, 0.2) is 18.0 Å². The van der Waals surface area contributed by atoms with E-state index < -0.39 is 36.1 Å². The van der Waals surface area contributed by atoms with Crippen molar-refractivity contribution in [3.63, 3.8) is 0 Å². The molecule has 0 aliphatic heterocycles. The molecule has 16 heteroatoms. The van der Waals surface area contributed by atoms with Crippen molar-refractivity contribution in [1.82, 2.24) is 0 Å². The first-order valence-corrected chi connectivity index (χ1v) is 33.6. The number of aliphatic hydroxyl groups is 4. The summed E-state index contributed by atoms with van der Waals surface area (Å²) in [6.07, 6.45) is 44.3. The fourth-order valence-corrected chi connectivity index (χ4v) is 9.64. The molecule has 86 heavy (non-hydrogen) atoms. The van der Waals surface area contributed by atoms with Crippen molar-refractivity contribution >= 4 is 41.5 Å². The summed E-state index contributed by atoms with van der Waals surface area (Å²) >= 11 is 0. The number of carbonyl (C=O) groups excluding carboxylic acids is 5. The van der Waals surface area contributed by atoms with Crippen LogP contribution in [0.1, 0.15) is 284 Å². The van der Waals surface area contributed by atoms with Crippen LogP contribution >= 0.6 is 0 Å². The van der Waals surface area contributed by atoms with Gasteiger partial charge in [0.25, 0.3) is 0 Å². The summed E-state index contributed by atoms with van der Waals surface area (Å²) in [4.78, 5) is 64.0. The van der Waals surface area contributed by atoms with Crippen molar-refractivity contribution in [3.8, 4) is 0 Å². The van der Waals surface area contributed by atoms with Gasteiger partial charge in [-0.1, -0.05) is 192 Å². The lowest BCUT2D eigenvalue weighted by molar-refractivity contribution is -0.167. The predicted molar refractivity (Wildman–Crippen MR) is 346 cm³/mol. The number of hydrogen-bond acceptors (Lipinski definition) is 14. The lowest BCUT2D eigenvalue weighted by atomic mass is 10.1. The normalized spacial score (nSPS) is 13.6. The Hall–Kier alpha value is -5.35. The number of ether oxygens (including phenoxy) is 5. The third-order valence-electron chi connectivity index (χ3n) is 15.1. The maximum absolute atomic E-state index is 13.1. The largest absolute Gasteiger partial charge is 0.512 e. The van der Waals surface area contributed by atoms with Crippen LogP contribution in [0, 0.1) is 6.92 Å². The lowest BCUT2D eigenvalue weighted by Crippen LogP contribution is -2.30. The van der Waals surface area contributed by atoms with Gasteiger partial charge in [-0.2, -0.15) is 0 Å². The average molecular weight is 1210 g/mol. The molecular formula is C70H118N2O14. The summed E-state index contributed by atoms with van der Waals surface area (Å²) in [5.41, 5.74) is 1.52. The number of nitrogens with one attached hydrogen (secondary N) is 2. The van der Waals surface area contributed by atoms with Crippen molar-refractivity contribution in [2.45, 2.75) is 316 Å². The minimum absolute atomic E-state index is 0.173. The number of carbonyl (C=O) groups is 5. The summed E-state index contributed by atoms with van der Waals surface area (Å²) in [7, 11) is 0. The maximum atomic E-state index is 13.1. The van der Waals surface area contributed by atoms with Gasteiger partial charge in [-0.15, -0.1) is 0 Å². The van der Waals surface area contributed by atoms with E-state index in [9.17, 15) is 39.3 Å². The minimum atomic E-state index is -1.06. The van der Waals surface area contributed by atoms with Crippen LogP contribution in [0.15, 0.2) is 66.7 Å². The molecule has 0 saturated heterocycles. The Labute approximate surface area is 519 Å². The molecule has 0 aromatic heterocycles. The first-order valence-electron chi connectivity index (χ1n) is 33.6. The molecule has 6 N–H and O–H groups in total. The molecule has 5 atom stereocenters. The van der Waals surface area contributed by atoms with Gasteiger partial charge in [0.2, 0.25) is 0 Å². The quantitative estimate of drug-likeness (QED) is 0.0117. The van der Waals surface area contributed by atoms with Crippen molar-refractivity contribution in [3.05, 3.63) is 72.2 Å². The highest BCUT2D eigenvalue weighted by atomic mass is 16.6. The number of hydrogen-bond donors (Lipinski definition) is 6. The van der Waals surface area contributed by atoms with E-state index in [1.165, 1.54) is 45.4 Å². The van der Waals surface area contributed by atoms with Gasteiger partial charge < -0.3 is 44.1 Å². The van der Waals surface area contributed by atoms with E-state index >= 15 is 0 Å². The van der Waals surface area contributed by atoms with Crippen LogP contribution in [-0.2, 0) is 38.1 Å². The zero-order chi connectivity index (χ0) is 63.1. The molecule has 0 fully saturated rings. The fraction of sp³-hybridized carbons (Fsp3) is 0.729. The van der Waals surface area contributed by atoms with Gasteiger partial charge in [0.1, 0.15) is 25.6 Å². The molecule has 0 radical (unpaired) electrons. The summed E-state index contributed by atoms with van der Waals surface area (Å²) in [6.45, 7) is 9.36. The van der Waals surface area contributed by atoms with E-state index in [0.29, 0.717) is 61.7 Å². The number of allylic oxidation sites excluding steroid dienone is 3. The molecule has 0 aliphatic rings. The predicted octanol–water partition coefficient (Wildman–Crippen LogP) is 18.5. The van der Waals surface area contributed by atoms with Gasteiger partial charge in [0.05, 0.1) is 12.2 Å². The van der Waals surface area contributed by atoms with Crippen LogP contribution in [0.25, 0.3) is 0 Å². The van der Waals surface area contributed by atoms with Gasteiger partial charge in [-0.3, -0.25) is 25.0 Å². The van der Waals surface area contributed by atoms with Crippen molar-refractivity contribution in [2.75, 3.05) is 23.8 Å². The molecule has 1 rings (SSSR count). The zero-order valence-corrected chi connectivity index (χ0v) is 54.0. The number of unbranched alkanes of at least 4 members (excludes halogenated alkanes) is 24. The van der Waals surface area contributed by atoms with Gasteiger partial charge in [-0.25, -0.2) is 9.59 Å². The fourth-order valence-electron chi connectivity index (χ4n) is 9.64. The summed E-state index contributed by atoms with van der Waals surface area (Å²) in [5, 5.41) is 44.3. The van der Waals surface area contributed by atoms with Crippen LogP contribution in [-0.4, -0.2) is 94.3 Å². The second-order valence-corrected chi connectivity index (χ2v) is 23.3. The molecular weight excluding hydrogens is 1090 g/mol. The molecule has 0 aliphatic carbocycles. The van der Waals surface area contributed by atoms with E-state index in [1.54, 1.807) is 25.1 Å². The van der Waals surface area contributed by atoms with Crippen LogP contribution < -0.4 is 10.6 Å². The number of aliphatic hydroxyl groups excluding tert-OH is 4. The van der Waals surface area contributed by atoms with Gasteiger partial charge in [-0.05, 0) is 128 Å². The van der Waals surface area contributed by atoms with E-state index in [4.69, 9.17) is 28.8 Å². The van der Waals surface area contributed by atoms with Crippen LogP contribution in [0.2, 0.25) is 0 Å². The second-order valence-electron chi connectivity index (χ2n) is 23.3. The number of anilines is 2. The Morgan fingerprint density at radius 1 is 0.477 bits per heavy atom. The number of aryl methyl sites for hydroxylation is 1. The van der Waals surface area contributed by atoms with Crippen molar-refractivity contribution < 1.29 is 68.1 Å². The number of benzene rings is 1. The number of rotatable bonds is 55. The zero-order valence-electron chi connectivity index (χ0n) is 54.0. The van der Waals surface area contributed by atoms with Gasteiger partial charge >= 0.3 is 30.1 Å². The van der Waals surface area contributed by atoms with Crippen LogP contribution in [0.3, 0.4) is 0 Å². The van der Waals surface area contributed by atoms with Crippen molar-refractivity contribution in [1.29, 1.82) is 0 Å². The Morgan fingerprint density at radius 2 is 0.895 bits per heavy atom. The minimum Gasteiger partial charge on any atom is -0.512 e. The van der Waals surface area contributed by atoms with E-state index in [-0.39, 0.29) is 62.7 Å². The molecule has 1 aromatic carbocycles. The first kappa shape index (κ1) is 78.7. The third-order valence-corrected chi connectivity index (χ3v) is 15.1. The molecule has 0 saturated carbocycles. The second kappa shape index (κ2) is 55.0. The standard InChI is InChI=1S/C70H118N2O14/c1-6-9-12-33-42-60(74)44-35-27-21-15-18-24-30-39-48-66(77)82-55-63(85-68(79)50-41-32-26-19-16-22-28-36-45-61(75)43-34-13-10-7-2)56-83-67(78)49-40-31-25-20-17-23-29-38-47-62(46-37-14-11-8-3)86-69(80)71-59-52-51-57(4)64(53-59)72-70(81)84-58(5)65(76)54-73/h27-29,35-36,38,51-54,58,60-63,73-76H,6-26,30-34,37,39-50,55-56H2,1-5H3,(H,71,80)(H,72,81)/b35-27-,36-28-,38-29-,65-54?. The highest BCUT2D eigenvalue weighted by Gasteiger charge is 2.21. The molecule has 16 nitrogen and oxygen atoms in total. The smallest absolute Gasteiger partial charge is 0.412 e. The van der Waals surface area contributed by atoms with E-state index in [0.717, 1.165) is 154 Å². The van der Waals surface area contributed by atoms with E-state index in [1.807, 2.05) is 0 Å². The molecule has 1 aromatic rings. The topological polar surface area (TPSA) is 236 Å². The van der Waals surface area contributed by atoms with Crippen molar-refractivity contribution in [2.24, 2.45) is 0 Å². The summed E-state index contributed by atoms with van der Waals surface area (Å²) in [5.74, 6) is -1.66. The molecule has 0 bridgehead atoms. The molecule has 2 amide bonds. The maximum Gasteiger partial charge on any atom is 0.412 e. The Balaban J connectivity index is 2.56. The summed E-state index contributed by atoms with van der Waals surface area (Å²) in [6, 6.07) is 5.01. The monoisotopic (exact) mass is 1210 g/mol. The average Bonchev–Trinajstić information content (AvgIpc) is 3.70. The number of amides is 2. The summed E-state index contributed by atoms with van der Waals surface area (Å²) < 4.78 is 27.8. The van der Waals surface area contributed by atoms with E-state index in [2.05, 4.69) is 67.9 Å². The third kappa shape index (κ3) is 46.8. The SMILES string of the molecule is CCCCCCC(O)C/C=C\CCCCCCCC(=O)OCC(COC(=O)CCCCCCC/C=C\CC(CCCCCC)OC(=O)Nc1ccc(C)c(NC(=O)OC(C)C(O)=CO)c1)OC(=O)CCCCCCC/C=C\CC(O)CCCCCC. The highest BCUT2D eigenvalue weighted by Crippen LogP contribution is 2.23.